The molecule has 1 amide bonds. The van der Waals surface area contributed by atoms with Gasteiger partial charge in [0.05, 0.1) is 17.4 Å². The van der Waals surface area contributed by atoms with Crippen LogP contribution >= 0.6 is 11.6 Å². The summed E-state index contributed by atoms with van der Waals surface area (Å²) in [6, 6.07) is 0. The zero-order valence-corrected chi connectivity index (χ0v) is 9.50. The Labute approximate surface area is 98.6 Å². The molecule has 6 heteroatoms. The average molecular weight is 241 g/mol. The summed E-state index contributed by atoms with van der Waals surface area (Å²) < 4.78 is 0. The topological polar surface area (TPSA) is 66.9 Å². The van der Waals surface area contributed by atoms with Crippen LogP contribution in [0.3, 0.4) is 0 Å². The molecular formula is C10H13ClN4O. The number of nitrogens with one attached hydrogen (secondary N) is 2. The standard InChI is InChI=1S/C10H13ClN4O/c11-8-5-14-10(15-6-8)13-4-3-12-9(16)7-1-2-7/h5-7H,1-4H2,(H,12,16)(H,13,14,15). The van der Waals surface area contributed by atoms with Gasteiger partial charge in [-0.1, -0.05) is 11.6 Å². The van der Waals surface area contributed by atoms with Crippen molar-refractivity contribution in [1.82, 2.24) is 15.3 Å². The highest BCUT2D eigenvalue weighted by atomic mass is 35.5. The van der Waals surface area contributed by atoms with E-state index < -0.39 is 0 Å². The van der Waals surface area contributed by atoms with Gasteiger partial charge in [0.25, 0.3) is 0 Å². The van der Waals surface area contributed by atoms with Crippen molar-refractivity contribution in [3.8, 4) is 0 Å². The summed E-state index contributed by atoms with van der Waals surface area (Å²) in [4.78, 5) is 19.2. The minimum absolute atomic E-state index is 0.152. The second kappa shape index (κ2) is 5.12. The summed E-state index contributed by atoms with van der Waals surface area (Å²) in [5, 5.41) is 6.34. The lowest BCUT2D eigenvalue weighted by Gasteiger charge is -2.05. The van der Waals surface area contributed by atoms with Gasteiger partial charge < -0.3 is 10.6 Å². The van der Waals surface area contributed by atoms with E-state index in [4.69, 9.17) is 11.6 Å². The van der Waals surface area contributed by atoms with Crippen molar-refractivity contribution >= 4 is 23.5 Å². The van der Waals surface area contributed by atoms with Gasteiger partial charge in [-0.25, -0.2) is 9.97 Å². The SMILES string of the molecule is O=C(NCCNc1ncc(Cl)cn1)C1CC1. The number of carbonyl (C=O) groups is 1. The molecule has 0 atom stereocenters. The van der Waals surface area contributed by atoms with Crippen LogP contribution in [-0.2, 0) is 4.79 Å². The molecule has 2 rings (SSSR count). The highest BCUT2D eigenvalue weighted by molar-refractivity contribution is 6.30. The third-order valence-corrected chi connectivity index (χ3v) is 2.47. The Morgan fingerprint density at radius 2 is 2.06 bits per heavy atom. The minimum atomic E-state index is 0.152. The first-order valence-electron chi connectivity index (χ1n) is 5.25. The van der Waals surface area contributed by atoms with Gasteiger partial charge >= 0.3 is 0 Å². The molecule has 1 aliphatic carbocycles. The number of rotatable bonds is 5. The molecule has 1 heterocycles. The van der Waals surface area contributed by atoms with Crippen molar-refractivity contribution < 1.29 is 4.79 Å². The lowest BCUT2D eigenvalue weighted by Crippen LogP contribution is -2.30. The van der Waals surface area contributed by atoms with E-state index in [1.165, 1.54) is 12.4 Å². The van der Waals surface area contributed by atoms with Crippen molar-refractivity contribution in [2.75, 3.05) is 18.4 Å². The van der Waals surface area contributed by atoms with Gasteiger partial charge in [0.1, 0.15) is 0 Å². The zero-order chi connectivity index (χ0) is 11.4. The van der Waals surface area contributed by atoms with Crippen LogP contribution < -0.4 is 10.6 Å². The second-order valence-corrected chi connectivity index (χ2v) is 4.15. The van der Waals surface area contributed by atoms with Crippen molar-refractivity contribution in [2.24, 2.45) is 5.92 Å². The first kappa shape index (κ1) is 11.1. The van der Waals surface area contributed by atoms with E-state index >= 15 is 0 Å². The van der Waals surface area contributed by atoms with Crippen molar-refractivity contribution in [3.63, 3.8) is 0 Å². The van der Waals surface area contributed by atoms with Crippen LogP contribution in [0, 0.1) is 5.92 Å². The predicted molar refractivity (Wildman–Crippen MR) is 61.3 cm³/mol. The number of amides is 1. The molecule has 0 saturated heterocycles. The zero-order valence-electron chi connectivity index (χ0n) is 8.74. The van der Waals surface area contributed by atoms with Crippen LogP contribution in [0.15, 0.2) is 12.4 Å². The maximum absolute atomic E-state index is 11.3. The van der Waals surface area contributed by atoms with Crippen molar-refractivity contribution in [2.45, 2.75) is 12.8 Å². The summed E-state index contributed by atoms with van der Waals surface area (Å²) >= 11 is 5.65. The van der Waals surface area contributed by atoms with Crippen LogP contribution in [0.4, 0.5) is 5.95 Å². The summed E-state index contributed by atoms with van der Waals surface area (Å²) in [7, 11) is 0. The number of halogens is 1. The van der Waals surface area contributed by atoms with Crippen molar-refractivity contribution in [1.29, 1.82) is 0 Å². The van der Waals surface area contributed by atoms with E-state index in [1.807, 2.05) is 0 Å². The molecule has 1 aromatic rings. The highest BCUT2D eigenvalue weighted by Crippen LogP contribution is 2.28. The molecule has 0 spiro atoms. The van der Waals surface area contributed by atoms with Gasteiger partial charge in [-0.05, 0) is 12.8 Å². The number of aromatic nitrogens is 2. The van der Waals surface area contributed by atoms with E-state index in [1.54, 1.807) is 0 Å². The van der Waals surface area contributed by atoms with Crippen LogP contribution in [0.2, 0.25) is 5.02 Å². The molecule has 86 valence electrons. The van der Waals surface area contributed by atoms with Crippen LogP contribution in [-0.4, -0.2) is 29.0 Å². The molecule has 0 radical (unpaired) electrons. The third-order valence-electron chi connectivity index (χ3n) is 2.28. The van der Waals surface area contributed by atoms with E-state index in [0.717, 1.165) is 12.8 Å². The van der Waals surface area contributed by atoms with E-state index in [9.17, 15) is 4.79 Å². The van der Waals surface area contributed by atoms with Crippen LogP contribution in [0.1, 0.15) is 12.8 Å². The van der Waals surface area contributed by atoms with Gasteiger partial charge in [-0.2, -0.15) is 0 Å². The Hall–Kier alpha value is -1.36. The van der Waals surface area contributed by atoms with Gasteiger partial charge in [0, 0.05) is 19.0 Å². The quantitative estimate of drug-likeness (QED) is 0.756. The molecular weight excluding hydrogens is 228 g/mol. The molecule has 0 unspecified atom stereocenters. The maximum atomic E-state index is 11.3. The Bertz CT molecular complexity index is 364. The molecule has 5 nitrogen and oxygen atoms in total. The molecule has 2 N–H and O–H groups in total. The fraction of sp³-hybridized carbons (Fsp3) is 0.500. The number of hydrogen-bond donors (Lipinski definition) is 2. The Kier molecular flexibility index (Phi) is 3.56. The molecule has 1 saturated carbocycles. The molecule has 1 aliphatic rings. The lowest BCUT2D eigenvalue weighted by atomic mass is 10.4. The predicted octanol–water partition coefficient (Wildman–Crippen LogP) is 1.07. The molecule has 0 aromatic carbocycles. The van der Waals surface area contributed by atoms with E-state index in [2.05, 4.69) is 20.6 Å². The van der Waals surface area contributed by atoms with E-state index in [0.29, 0.717) is 24.1 Å². The average Bonchev–Trinajstić information content (AvgIpc) is 3.10. The first-order chi connectivity index (χ1) is 7.75. The molecule has 1 fully saturated rings. The number of carbonyl (C=O) groups excluding carboxylic acids is 1. The Morgan fingerprint density at radius 3 is 2.69 bits per heavy atom. The first-order valence-corrected chi connectivity index (χ1v) is 5.62. The summed E-state index contributed by atoms with van der Waals surface area (Å²) in [5.41, 5.74) is 0. The van der Waals surface area contributed by atoms with Gasteiger partial charge in [0.15, 0.2) is 0 Å². The number of nitrogens with zero attached hydrogens (tertiary/aromatic N) is 2. The molecule has 0 aliphatic heterocycles. The van der Waals surface area contributed by atoms with Gasteiger partial charge in [-0.3, -0.25) is 4.79 Å². The number of hydrogen-bond acceptors (Lipinski definition) is 4. The summed E-state index contributed by atoms with van der Waals surface area (Å²) in [5.74, 6) is 0.927. The summed E-state index contributed by atoms with van der Waals surface area (Å²) in [6.45, 7) is 1.20. The van der Waals surface area contributed by atoms with Gasteiger partial charge in [-0.15, -0.1) is 0 Å². The largest absolute Gasteiger partial charge is 0.354 e. The fourth-order valence-corrected chi connectivity index (χ4v) is 1.35. The monoisotopic (exact) mass is 240 g/mol. The Balaban J connectivity index is 1.63. The smallest absolute Gasteiger partial charge is 0.223 e. The normalized spacial score (nSPS) is 14.6. The number of anilines is 1. The molecule has 0 bridgehead atoms. The van der Waals surface area contributed by atoms with Crippen molar-refractivity contribution in [3.05, 3.63) is 17.4 Å². The molecule has 1 aromatic heterocycles. The maximum Gasteiger partial charge on any atom is 0.223 e. The van der Waals surface area contributed by atoms with Gasteiger partial charge in [0.2, 0.25) is 11.9 Å². The fourth-order valence-electron chi connectivity index (χ4n) is 1.25. The Morgan fingerprint density at radius 1 is 1.38 bits per heavy atom. The van der Waals surface area contributed by atoms with E-state index in [-0.39, 0.29) is 11.8 Å². The minimum Gasteiger partial charge on any atom is -0.354 e. The van der Waals surface area contributed by atoms with Crippen LogP contribution in [0.5, 0.6) is 0 Å². The third kappa shape index (κ3) is 3.34. The summed E-state index contributed by atoms with van der Waals surface area (Å²) in [6.07, 6.45) is 5.11. The molecule has 16 heavy (non-hydrogen) atoms. The highest BCUT2D eigenvalue weighted by Gasteiger charge is 2.28. The lowest BCUT2D eigenvalue weighted by molar-refractivity contribution is -0.122. The second-order valence-electron chi connectivity index (χ2n) is 3.72. The van der Waals surface area contributed by atoms with Crippen LogP contribution in [0.25, 0.3) is 0 Å².